The fraction of sp³-hybridized carbons (Fsp3) is 0.474. The van der Waals surface area contributed by atoms with Gasteiger partial charge >= 0.3 is 0 Å². The molecule has 0 saturated carbocycles. The van der Waals surface area contributed by atoms with Gasteiger partial charge in [0.2, 0.25) is 0 Å². The van der Waals surface area contributed by atoms with Crippen molar-refractivity contribution in [2.24, 2.45) is 0 Å². The number of phenolic OH excluding ortho intramolecular Hbond substituents is 1. The van der Waals surface area contributed by atoms with Crippen LogP contribution in [0, 0.1) is 0 Å². The maximum Gasteiger partial charge on any atom is 0.274 e. The number of aromatic nitrogens is 2. The lowest BCUT2D eigenvalue weighted by Crippen LogP contribution is -2.49. The maximum atomic E-state index is 12.8. The van der Waals surface area contributed by atoms with Crippen molar-refractivity contribution in [3.05, 3.63) is 42.2 Å². The zero-order chi connectivity index (χ0) is 17.9. The van der Waals surface area contributed by atoms with E-state index in [1.165, 1.54) is 0 Å². The zero-order valence-corrected chi connectivity index (χ0v) is 14.8. The van der Waals surface area contributed by atoms with Crippen LogP contribution < -0.4 is 10.2 Å². The first-order chi connectivity index (χ1) is 12.7. The molecule has 2 fully saturated rings. The number of carbonyl (C=O) groups excluding carboxylic acids is 1. The number of rotatable bonds is 3. The van der Waals surface area contributed by atoms with E-state index in [1.54, 1.807) is 6.07 Å². The standard InChI is InChI=1S/C19H25N5O2/c25-18-6-2-1-5-17(18)22-10-12-23(13-11-22)19(26)16-7-9-24(21-16)15-4-3-8-20-14-15/h1-2,5-7,9,15,20,25H,3-4,8,10-14H2. The number of nitrogens with zero attached hydrogens (tertiary/aromatic N) is 4. The van der Waals surface area contributed by atoms with Crippen LogP contribution in [0.2, 0.25) is 0 Å². The summed E-state index contributed by atoms with van der Waals surface area (Å²) in [5.41, 5.74) is 1.35. The molecule has 3 heterocycles. The number of carbonyl (C=O) groups is 1. The minimum absolute atomic E-state index is 0.00977. The van der Waals surface area contributed by atoms with Gasteiger partial charge < -0.3 is 20.2 Å². The average Bonchev–Trinajstić information content (AvgIpc) is 3.19. The zero-order valence-electron chi connectivity index (χ0n) is 14.8. The minimum Gasteiger partial charge on any atom is -0.506 e. The van der Waals surface area contributed by atoms with E-state index in [2.05, 4.69) is 15.3 Å². The van der Waals surface area contributed by atoms with Crippen molar-refractivity contribution in [1.29, 1.82) is 0 Å². The van der Waals surface area contributed by atoms with E-state index < -0.39 is 0 Å². The molecule has 0 bridgehead atoms. The highest BCUT2D eigenvalue weighted by atomic mass is 16.3. The number of piperazine rings is 1. The molecular weight excluding hydrogens is 330 g/mol. The molecule has 2 saturated heterocycles. The number of hydrogen-bond donors (Lipinski definition) is 2. The molecule has 0 radical (unpaired) electrons. The Labute approximate surface area is 153 Å². The van der Waals surface area contributed by atoms with Crippen LogP contribution >= 0.6 is 0 Å². The predicted molar refractivity (Wildman–Crippen MR) is 99.6 cm³/mol. The molecule has 1 atom stereocenters. The summed E-state index contributed by atoms with van der Waals surface area (Å²) in [5.74, 6) is 0.275. The van der Waals surface area contributed by atoms with Gasteiger partial charge in [0.1, 0.15) is 11.4 Å². The summed E-state index contributed by atoms with van der Waals surface area (Å²) in [7, 11) is 0. The van der Waals surface area contributed by atoms with Gasteiger partial charge in [-0.3, -0.25) is 9.48 Å². The monoisotopic (exact) mass is 355 g/mol. The molecule has 7 nitrogen and oxygen atoms in total. The van der Waals surface area contributed by atoms with Crippen molar-refractivity contribution in [3.8, 4) is 5.75 Å². The van der Waals surface area contributed by atoms with Crippen molar-refractivity contribution in [2.45, 2.75) is 18.9 Å². The molecule has 0 spiro atoms. The predicted octanol–water partition coefficient (Wildman–Crippen LogP) is 1.48. The number of phenols is 1. The van der Waals surface area contributed by atoms with Gasteiger partial charge in [-0.25, -0.2) is 0 Å². The van der Waals surface area contributed by atoms with Gasteiger partial charge in [-0.15, -0.1) is 0 Å². The van der Waals surface area contributed by atoms with Crippen LogP contribution in [0.25, 0.3) is 0 Å². The molecule has 2 aliphatic rings. The highest BCUT2D eigenvalue weighted by Gasteiger charge is 2.25. The average molecular weight is 355 g/mol. The highest BCUT2D eigenvalue weighted by molar-refractivity contribution is 5.92. The Balaban J connectivity index is 1.38. The second kappa shape index (κ2) is 7.37. The molecule has 138 valence electrons. The van der Waals surface area contributed by atoms with Crippen LogP contribution in [0.4, 0.5) is 5.69 Å². The first-order valence-electron chi connectivity index (χ1n) is 9.30. The lowest BCUT2D eigenvalue weighted by Gasteiger charge is -2.36. The number of anilines is 1. The summed E-state index contributed by atoms with van der Waals surface area (Å²) in [6, 6.07) is 9.50. The van der Waals surface area contributed by atoms with Crippen LogP contribution in [0.5, 0.6) is 5.75 Å². The summed E-state index contributed by atoms with van der Waals surface area (Å²) in [6.07, 6.45) is 4.16. The Morgan fingerprint density at radius 2 is 1.96 bits per heavy atom. The van der Waals surface area contributed by atoms with Crippen molar-refractivity contribution in [1.82, 2.24) is 20.0 Å². The van der Waals surface area contributed by atoms with Crippen molar-refractivity contribution < 1.29 is 9.90 Å². The Hall–Kier alpha value is -2.54. The molecular formula is C19H25N5O2. The molecule has 2 N–H and O–H groups in total. The van der Waals surface area contributed by atoms with Gasteiger partial charge in [-0.05, 0) is 37.6 Å². The summed E-state index contributed by atoms with van der Waals surface area (Å²) in [4.78, 5) is 16.7. The lowest BCUT2D eigenvalue weighted by molar-refractivity contribution is 0.0739. The molecule has 1 aromatic carbocycles. The Kier molecular flexibility index (Phi) is 4.79. The van der Waals surface area contributed by atoms with E-state index in [4.69, 9.17) is 0 Å². The smallest absolute Gasteiger partial charge is 0.274 e. The summed E-state index contributed by atoms with van der Waals surface area (Å²) >= 11 is 0. The highest BCUT2D eigenvalue weighted by Crippen LogP contribution is 2.27. The molecule has 2 aliphatic heterocycles. The first kappa shape index (κ1) is 16.9. The summed E-state index contributed by atoms with van der Waals surface area (Å²) in [6.45, 7) is 4.64. The molecule has 0 aliphatic carbocycles. The second-order valence-corrected chi connectivity index (χ2v) is 6.95. The fourth-order valence-electron chi connectivity index (χ4n) is 3.76. The van der Waals surface area contributed by atoms with E-state index in [0.717, 1.165) is 31.6 Å². The summed E-state index contributed by atoms with van der Waals surface area (Å²) < 4.78 is 1.93. The molecule has 1 amide bonds. The largest absolute Gasteiger partial charge is 0.506 e. The van der Waals surface area contributed by atoms with Gasteiger partial charge in [0.15, 0.2) is 0 Å². The summed E-state index contributed by atoms with van der Waals surface area (Å²) in [5, 5.41) is 17.9. The molecule has 2 aromatic rings. The van der Waals surface area contributed by atoms with Crippen LogP contribution in [0.3, 0.4) is 0 Å². The van der Waals surface area contributed by atoms with Gasteiger partial charge in [0, 0.05) is 38.9 Å². The van der Waals surface area contributed by atoms with Gasteiger partial charge in [-0.1, -0.05) is 12.1 Å². The number of benzene rings is 1. The number of para-hydroxylation sites is 2. The normalized spacial score (nSPS) is 21.0. The number of aromatic hydroxyl groups is 1. The Morgan fingerprint density at radius 1 is 1.15 bits per heavy atom. The van der Waals surface area contributed by atoms with E-state index in [0.29, 0.717) is 37.9 Å². The Bertz CT molecular complexity index is 761. The third-order valence-electron chi connectivity index (χ3n) is 5.26. The van der Waals surface area contributed by atoms with Crippen molar-refractivity contribution in [3.63, 3.8) is 0 Å². The molecule has 7 heteroatoms. The van der Waals surface area contributed by atoms with Crippen molar-refractivity contribution >= 4 is 11.6 Å². The SMILES string of the molecule is O=C(c1ccn(C2CCCNC2)n1)N1CCN(c2ccccc2O)CC1. The van der Waals surface area contributed by atoms with Crippen LogP contribution in [0.15, 0.2) is 36.5 Å². The van der Waals surface area contributed by atoms with E-state index in [1.807, 2.05) is 40.0 Å². The minimum atomic E-state index is -0.00977. The third-order valence-corrected chi connectivity index (χ3v) is 5.26. The van der Waals surface area contributed by atoms with E-state index >= 15 is 0 Å². The number of nitrogens with one attached hydrogen (secondary N) is 1. The topological polar surface area (TPSA) is 73.6 Å². The maximum absolute atomic E-state index is 12.8. The van der Waals surface area contributed by atoms with Gasteiger partial charge in [0.05, 0.1) is 11.7 Å². The molecule has 4 rings (SSSR count). The van der Waals surface area contributed by atoms with Crippen LogP contribution in [-0.2, 0) is 0 Å². The third kappa shape index (κ3) is 3.39. The first-order valence-corrected chi connectivity index (χ1v) is 9.30. The van der Waals surface area contributed by atoms with Crippen LogP contribution in [-0.4, -0.2) is 65.0 Å². The molecule has 1 aromatic heterocycles. The number of hydrogen-bond acceptors (Lipinski definition) is 5. The van der Waals surface area contributed by atoms with E-state index in [9.17, 15) is 9.90 Å². The number of amides is 1. The number of piperidine rings is 1. The quantitative estimate of drug-likeness (QED) is 0.872. The van der Waals surface area contributed by atoms with E-state index in [-0.39, 0.29) is 11.7 Å². The van der Waals surface area contributed by atoms with Crippen LogP contribution in [0.1, 0.15) is 29.4 Å². The molecule has 1 unspecified atom stereocenters. The lowest BCUT2D eigenvalue weighted by atomic mass is 10.1. The van der Waals surface area contributed by atoms with Gasteiger partial charge in [0.25, 0.3) is 5.91 Å². The fourth-order valence-corrected chi connectivity index (χ4v) is 3.76. The molecule has 26 heavy (non-hydrogen) atoms. The second-order valence-electron chi connectivity index (χ2n) is 6.95. The van der Waals surface area contributed by atoms with Crippen molar-refractivity contribution in [2.75, 3.05) is 44.2 Å². The Morgan fingerprint density at radius 3 is 2.69 bits per heavy atom. The van der Waals surface area contributed by atoms with Gasteiger partial charge in [-0.2, -0.15) is 5.10 Å².